The molecule has 0 saturated carbocycles. The van der Waals surface area contributed by atoms with E-state index in [1.165, 1.54) is 10.7 Å². The van der Waals surface area contributed by atoms with Crippen LogP contribution in [0, 0.1) is 0 Å². The highest BCUT2D eigenvalue weighted by Gasteiger charge is 2.28. The second kappa shape index (κ2) is 10.3. The third kappa shape index (κ3) is 4.85. The molecule has 5 rings (SSSR count). The zero-order valence-corrected chi connectivity index (χ0v) is 20.9. The van der Waals surface area contributed by atoms with Gasteiger partial charge in [-0.2, -0.15) is 5.10 Å². The predicted molar refractivity (Wildman–Crippen MR) is 139 cm³/mol. The molecule has 0 spiro atoms. The minimum atomic E-state index is -0.690. The number of hydrogen-bond donors (Lipinski definition) is 0. The number of hydrogen-bond acceptors (Lipinski definition) is 8. The van der Waals surface area contributed by atoms with Crippen LogP contribution in [0.3, 0.4) is 0 Å². The summed E-state index contributed by atoms with van der Waals surface area (Å²) in [5, 5.41) is 6.43. The van der Waals surface area contributed by atoms with Crippen molar-refractivity contribution in [2.24, 2.45) is 0 Å². The number of rotatable bonds is 6. The van der Waals surface area contributed by atoms with Gasteiger partial charge in [0, 0.05) is 43.9 Å². The Labute approximate surface area is 212 Å². The molecule has 0 bridgehead atoms. The zero-order chi connectivity index (χ0) is 25.1. The van der Waals surface area contributed by atoms with Crippen LogP contribution < -0.4 is 15.2 Å². The number of methoxy groups -OCH3 is 1. The highest BCUT2D eigenvalue weighted by molar-refractivity contribution is 7.13. The van der Waals surface area contributed by atoms with E-state index >= 15 is 0 Å². The van der Waals surface area contributed by atoms with E-state index in [2.05, 4.69) is 20.0 Å². The van der Waals surface area contributed by atoms with Crippen molar-refractivity contribution in [2.45, 2.75) is 13.0 Å². The zero-order valence-electron chi connectivity index (χ0n) is 20.1. The van der Waals surface area contributed by atoms with Crippen LogP contribution in [0.4, 0.5) is 5.82 Å². The lowest BCUT2D eigenvalue weighted by Gasteiger charge is -2.36. The molecule has 4 heterocycles. The molecular formula is C26H26N6O3S. The van der Waals surface area contributed by atoms with Crippen molar-refractivity contribution in [2.75, 3.05) is 38.2 Å². The van der Waals surface area contributed by atoms with Crippen molar-refractivity contribution < 1.29 is 9.53 Å². The molecule has 0 N–H and O–H groups in total. The number of carbonyl (C=O) groups excluding carboxylic acids is 1. The molecule has 1 amide bonds. The second-order valence-electron chi connectivity index (χ2n) is 8.46. The smallest absolute Gasteiger partial charge is 0.267 e. The van der Waals surface area contributed by atoms with Crippen molar-refractivity contribution in [3.63, 3.8) is 0 Å². The number of benzene rings is 1. The molecule has 9 nitrogen and oxygen atoms in total. The summed E-state index contributed by atoms with van der Waals surface area (Å²) in [6.07, 6.45) is 1.56. The summed E-state index contributed by atoms with van der Waals surface area (Å²) in [5.41, 5.74) is 2.20. The molecule has 10 heteroatoms. The summed E-state index contributed by atoms with van der Waals surface area (Å²) in [6.45, 7) is 4.06. The van der Waals surface area contributed by atoms with E-state index in [0.717, 1.165) is 27.7 Å². The van der Waals surface area contributed by atoms with Gasteiger partial charge in [-0.05, 0) is 48.7 Å². The van der Waals surface area contributed by atoms with Gasteiger partial charge in [0.25, 0.3) is 5.56 Å². The van der Waals surface area contributed by atoms with Gasteiger partial charge in [-0.3, -0.25) is 9.59 Å². The Balaban J connectivity index is 1.26. The van der Waals surface area contributed by atoms with Crippen LogP contribution in [-0.2, 0) is 4.79 Å². The molecule has 1 aliphatic rings. The molecular weight excluding hydrogens is 476 g/mol. The Bertz CT molecular complexity index is 1400. The molecule has 0 aliphatic carbocycles. The molecule has 1 unspecified atom stereocenters. The van der Waals surface area contributed by atoms with Gasteiger partial charge in [-0.15, -0.1) is 11.3 Å². The number of nitrogens with zero attached hydrogens (tertiary/aromatic N) is 6. The minimum Gasteiger partial charge on any atom is -0.497 e. The second-order valence-corrected chi connectivity index (χ2v) is 9.40. The van der Waals surface area contributed by atoms with E-state index in [4.69, 9.17) is 4.74 Å². The maximum atomic E-state index is 13.3. The number of ether oxygens (including phenoxy) is 1. The molecule has 0 radical (unpaired) electrons. The fourth-order valence-electron chi connectivity index (χ4n) is 4.22. The maximum Gasteiger partial charge on any atom is 0.267 e. The Hall–Kier alpha value is -4.05. The number of amides is 1. The average Bonchev–Trinajstić information content (AvgIpc) is 3.48. The third-order valence-corrected chi connectivity index (χ3v) is 7.17. The summed E-state index contributed by atoms with van der Waals surface area (Å²) in [6, 6.07) is 16.0. The quantitative estimate of drug-likeness (QED) is 0.399. The van der Waals surface area contributed by atoms with Gasteiger partial charge in [-0.1, -0.05) is 6.07 Å². The first-order chi connectivity index (χ1) is 17.5. The topological polar surface area (TPSA) is 93.5 Å². The first-order valence-electron chi connectivity index (χ1n) is 11.7. The van der Waals surface area contributed by atoms with Crippen LogP contribution in [0.1, 0.15) is 13.0 Å². The Morgan fingerprint density at radius 1 is 1.00 bits per heavy atom. The summed E-state index contributed by atoms with van der Waals surface area (Å²) in [7, 11) is 1.64. The molecule has 184 valence electrons. The SMILES string of the molecule is COc1ccc(-c2cc(N3CCN(C(=O)C(C)n4nc(-c5cccs5)ccc4=O)CC3)ncn2)cc1. The molecule has 1 aliphatic heterocycles. The predicted octanol–water partition coefficient (Wildman–Crippen LogP) is 3.35. The molecule has 1 atom stereocenters. The Kier molecular flexibility index (Phi) is 6.77. The van der Waals surface area contributed by atoms with Gasteiger partial charge < -0.3 is 14.5 Å². The van der Waals surface area contributed by atoms with E-state index in [9.17, 15) is 9.59 Å². The molecule has 36 heavy (non-hydrogen) atoms. The monoisotopic (exact) mass is 502 g/mol. The molecule has 3 aromatic heterocycles. The van der Waals surface area contributed by atoms with E-state index in [1.54, 1.807) is 42.7 Å². The first-order valence-corrected chi connectivity index (χ1v) is 12.6. The van der Waals surface area contributed by atoms with Crippen molar-refractivity contribution in [3.8, 4) is 27.6 Å². The van der Waals surface area contributed by atoms with Crippen LogP contribution in [0.2, 0.25) is 0 Å². The third-order valence-electron chi connectivity index (χ3n) is 6.28. The summed E-state index contributed by atoms with van der Waals surface area (Å²) in [5.74, 6) is 1.49. The van der Waals surface area contributed by atoms with Crippen molar-refractivity contribution in [1.82, 2.24) is 24.6 Å². The fourth-order valence-corrected chi connectivity index (χ4v) is 4.91. The minimum absolute atomic E-state index is 0.116. The molecule has 1 saturated heterocycles. The van der Waals surface area contributed by atoms with E-state index in [-0.39, 0.29) is 11.5 Å². The lowest BCUT2D eigenvalue weighted by atomic mass is 10.1. The number of thiophene rings is 1. The van der Waals surface area contributed by atoms with E-state index < -0.39 is 6.04 Å². The van der Waals surface area contributed by atoms with E-state index in [0.29, 0.717) is 31.9 Å². The van der Waals surface area contributed by atoms with Crippen molar-refractivity contribution >= 4 is 23.1 Å². The Morgan fingerprint density at radius 2 is 1.78 bits per heavy atom. The number of carbonyl (C=O) groups is 1. The normalized spacial score (nSPS) is 14.5. The van der Waals surface area contributed by atoms with Crippen LogP contribution in [0.25, 0.3) is 21.8 Å². The number of anilines is 1. The lowest BCUT2D eigenvalue weighted by molar-refractivity contribution is -0.135. The number of aromatic nitrogens is 4. The average molecular weight is 503 g/mol. The van der Waals surface area contributed by atoms with Gasteiger partial charge in [-0.25, -0.2) is 14.6 Å². The first kappa shape index (κ1) is 23.7. The fraction of sp³-hybridized carbons (Fsp3) is 0.269. The van der Waals surface area contributed by atoms with Crippen LogP contribution >= 0.6 is 11.3 Å². The van der Waals surface area contributed by atoms with Gasteiger partial charge in [0.2, 0.25) is 5.91 Å². The van der Waals surface area contributed by atoms with Gasteiger partial charge in [0.1, 0.15) is 29.6 Å². The number of piperazine rings is 1. The summed E-state index contributed by atoms with van der Waals surface area (Å²) >= 11 is 1.54. The van der Waals surface area contributed by atoms with Crippen molar-refractivity contribution in [3.05, 3.63) is 76.7 Å². The molecule has 4 aromatic rings. The van der Waals surface area contributed by atoms with Gasteiger partial charge in [0.15, 0.2) is 0 Å². The van der Waals surface area contributed by atoms with Gasteiger partial charge in [0.05, 0.1) is 17.7 Å². The van der Waals surface area contributed by atoms with E-state index in [1.807, 2.05) is 47.8 Å². The highest BCUT2D eigenvalue weighted by Crippen LogP contribution is 2.25. The standard InChI is InChI=1S/C26H26N6O3S/c1-18(32-25(33)10-9-21(29-32)23-4-3-15-36-23)26(34)31-13-11-30(12-14-31)24-16-22(27-17-28-24)19-5-7-20(35-2)8-6-19/h3-10,15-18H,11-14H2,1-2H3. The Morgan fingerprint density at radius 3 is 2.47 bits per heavy atom. The summed E-state index contributed by atoms with van der Waals surface area (Å²) in [4.78, 5) is 39.5. The van der Waals surface area contributed by atoms with Gasteiger partial charge >= 0.3 is 0 Å². The lowest BCUT2D eigenvalue weighted by Crippen LogP contribution is -2.51. The summed E-state index contributed by atoms with van der Waals surface area (Å²) < 4.78 is 6.52. The molecule has 1 aromatic carbocycles. The van der Waals surface area contributed by atoms with Crippen LogP contribution in [0.5, 0.6) is 5.75 Å². The van der Waals surface area contributed by atoms with Crippen LogP contribution in [0.15, 0.2) is 71.1 Å². The van der Waals surface area contributed by atoms with Crippen LogP contribution in [-0.4, -0.2) is 63.8 Å². The largest absolute Gasteiger partial charge is 0.497 e. The molecule has 1 fully saturated rings. The highest BCUT2D eigenvalue weighted by atomic mass is 32.1. The maximum absolute atomic E-state index is 13.3. The van der Waals surface area contributed by atoms with Crippen molar-refractivity contribution in [1.29, 1.82) is 0 Å².